The van der Waals surface area contributed by atoms with Crippen molar-refractivity contribution in [3.8, 4) is 0 Å². The van der Waals surface area contributed by atoms with Crippen LogP contribution in [-0.4, -0.2) is 69.8 Å². The van der Waals surface area contributed by atoms with Gasteiger partial charge in [-0.25, -0.2) is 4.79 Å². The molecule has 4 unspecified atom stereocenters. The number of fused-ring (bicyclic) bond motifs is 1. The number of nitrogens with two attached hydrogens (primary N) is 3. The molecule has 0 fully saturated rings. The number of hydrogen-bond donors (Lipinski definition) is 8. The molecule has 0 aliphatic heterocycles. The Hall–Kier alpha value is -5.24. The standard InChI is InChI=1S/C29H35N7O7/c30-19(14-25(32)38)26(39)34-21(10-11-24(31)37)27(40)35-22(12-16-6-2-1-3-7-16)28(41)36-23(29(42)43)13-17-15-33-20-9-5-4-8-18(17)20/h1-9,15,19,21-23,33H,10-14,30H2,(H2,31,37)(H2,32,38)(H,34,39)(H,35,40)(H,36,41)(H,42,43). The number of amides is 5. The molecule has 3 rings (SSSR count). The van der Waals surface area contributed by atoms with Crippen LogP contribution in [0.3, 0.4) is 0 Å². The van der Waals surface area contributed by atoms with E-state index in [1.54, 1.807) is 36.5 Å². The zero-order valence-corrected chi connectivity index (χ0v) is 23.2. The van der Waals surface area contributed by atoms with Gasteiger partial charge in [0.2, 0.25) is 29.5 Å². The van der Waals surface area contributed by atoms with Crippen LogP contribution in [0.1, 0.15) is 30.4 Å². The Bertz CT molecular complexity index is 1470. The van der Waals surface area contributed by atoms with Crippen molar-refractivity contribution in [2.45, 2.75) is 56.3 Å². The molecule has 3 aromatic rings. The second kappa shape index (κ2) is 15.1. The number of carboxylic acids is 1. The summed E-state index contributed by atoms with van der Waals surface area (Å²) in [6.07, 6.45) is 0.619. The highest BCUT2D eigenvalue weighted by Gasteiger charge is 2.31. The molecule has 0 aliphatic rings. The minimum Gasteiger partial charge on any atom is -0.480 e. The number of benzene rings is 2. The summed E-state index contributed by atoms with van der Waals surface area (Å²) in [7, 11) is 0. The molecular weight excluding hydrogens is 558 g/mol. The number of para-hydroxylation sites is 1. The van der Waals surface area contributed by atoms with Gasteiger partial charge in [-0.15, -0.1) is 0 Å². The molecule has 1 heterocycles. The number of carboxylic acid groups (broad SMARTS) is 1. The summed E-state index contributed by atoms with van der Waals surface area (Å²) in [5.41, 5.74) is 18.2. The van der Waals surface area contributed by atoms with Gasteiger partial charge in [-0.3, -0.25) is 24.0 Å². The van der Waals surface area contributed by atoms with Gasteiger partial charge in [0.15, 0.2) is 0 Å². The van der Waals surface area contributed by atoms with Gasteiger partial charge >= 0.3 is 5.97 Å². The third-order valence-electron chi connectivity index (χ3n) is 6.70. The molecule has 2 aromatic carbocycles. The number of hydrogen-bond acceptors (Lipinski definition) is 7. The van der Waals surface area contributed by atoms with Crippen molar-refractivity contribution in [3.63, 3.8) is 0 Å². The lowest BCUT2D eigenvalue weighted by Gasteiger charge is -2.25. The summed E-state index contributed by atoms with van der Waals surface area (Å²) < 4.78 is 0. The molecule has 5 amide bonds. The molecule has 0 saturated carbocycles. The number of nitrogens with one attached hydrogen (secondary N) is 4. The van der Waals surface area contributed by atoms with E-state index in [1.807, 2.05) is 24.3 Å². The average Bonchev–Trinajstić information content (AvgIpc) is 3.37. The van der Waals surface area contributed by atoms with Crippen LogP contribution in [0.2, 0.25) is 0 Å². The molecular formula is C29H35N7O7. The first-order valence-electron chi connectivity index (χ1n) is 13.5. The fourth-order valence-electron chi connectivity index (χ4n) is 4.47. The Balaban J connectivity index is 1.82. The van der Waals surface area contributed by atoms with Crippen molar-refractivity contribution < 1.29 is 33.9 Å². The van der Waals surface area contributed by atoms with E-state index < -0.39 is 66.1 Å². The largest absolute Gasteiger partial charge is 0.480 e. The lowest BCUT2D eigenvalue weighted by molar-refractivity contribution is -0.142. The third kappa shape index (κ3) is 9.67. The zero-order chi connectivity index (χ0) is 31.5. The summed E-state index contributed by atoms with van der Waals surface area (Å²) in [5.74, 6) is -5.36. The zero-order valence-electron chi connectivity index (χ0n) is 23.2. The molecule has 0 saturated heterocycles. The number of carbonyl (C=O) groups excluding carboxylic acids is 5. The van der Waals surface area contributed by atoms with Gasteiger partial charge in [-0.2, -0.15) is 0 Å². The highest BCUT2D eigenvalue weighted by atomic mass is 16.4. The number of H-pyrrole nitrogens is 1. The summed E-state index contributed by atoms with van der Waals surface area (Å²) in [4.78, 5) is 77.2. The lowest BCUT2D eigenvalue weighted by Crippen LogP contribution is -2.58. The van der Waals surface area contributed by atoms with Crippen molar-refractivity contribution in [3.05, 3.63) is 71.9 Å². The first-order chi connectivity index (χ1) is 20.4. The van der Waals surface area contributed by atoms with Gasteiger partial charge in [0, 0.05) is 36.4 Å². The first-order valence-corrected chi connectivity index (χ1v) is 13.5. The van der Waals surface area contributed by atoms with E-state index in [4.69, 9.17) is 17.2 Å². The maximum Gasteiger partial charge on any atom is 0.326 e. The Morgan fingerprint density at radius 3 is 2.00 bits per heavy atom. The molecule has 43 heavy (non-hydrogen) atoms. The molecule has 0 aliphatic carbocycles. The van der Waals surface area contributed by atoms with Gasteiger partial charge in [0.1, 0.15) is 18.1 Å². The highest BCUT2D eigenvalue weighted by molar-refractivity contribution is 5.95. The predicted molar refractivity (Wildman–Crippen MR) is 156 cm³/mol. The van der Waals surface area contributed by atoms with Crippen molar-refractivity contribution >= 4 is 46.4 Å². The van der Waals surface area contributed by atoms with Crippen LogP contribution in [0.5, 0.6) is 0 Å². The van der Waals surface area contributed by atoms with Crippen LogP contribution in [0.25, 0.3) is 10.9 Å². The van der Waals surface area contributed by atoms with Crippen molar-refractivity contribution in [2.24, 2.45) is 17.2 Å². The van der Waals surface area contributed by atoms with Crippen molar-refractivity contribution in [1.82, 2.24) is 20.9 Å². The number of rotatable bonds is 16. The van der Waals surface area contributed by atoms with E-state index in [0.29, 0.717) is 11.1 Å². The molecule has 1 aromatic heterocycles. The maximum absolute atomic E-state index is 13.5. The maximum atomic E-state index is 13.5. The average molecular weight is 594 g/mol. The molecule has 0 bridgehead atoms. The molecule has 11 N–H and O–H groups in total. The fourth-order valence-corrected chi connectivity index (χ4v) is 4.47. The minimum atomic E-state index is -1.36. The van der Waals surface area contributed by atoms with Gasteiger partial charge in [0.05, 0.1) is 12.5 Å². The third-order valence-corrected chi connectivity index (χ3v) is 6.70. The van der Waals surface area contributed by atoms with Gasteiger partial charge in [-0.1, -0.05) is 48.5 Å². The van der Waals surface area contributed by atoms with E-state index >= 15 is 0 Å². The predicted octanol–water partition coefficient (Wildman–Crippen LogP) is -1.04. The molecule has 0 radical (unpaired) electrons. The second-order valence-electron chi connectivity index (χ2n) is 10.1. The van der Waals surface area contributed by atoms with E-state index in [1.165, 1.54) is 0 Å². The Kier molecular flexibility index (Phi) is 11.3. The van der Waals surface area contributed by atoms with Crippen LogP contribution in [0.4, 0.5) is 0 Å². The molecule has 228 valence electrons. The molecule has 4 atom stereocenters. The van der Waals surface area contributed by atoms with Crippen LogP contribution in [0.15, 0.2) is 60.8 Å². The topological polar surface area (TPSA) is 253 Å². The normalized spacial score (nSPS) is 13.7. The Labute approximate surface area is 246 Å². The number of carbonyl (C=O) groups is 6. The SMILES string of the molecule is NC(=O)CCC(NC(=O)C(N)CC(N)=O)C(=O)NC(Cc1ccccc1)C(=O)NC(Cc1c[nH]c2ccccc12)C(=O)O. The number of primary amides is 2. The molecule has 14 heteroatoms. The smallest absolute Gasteiger partial charge is 0.326 e. The summed E-state index contributed by atoms with van der Waals surface area (Å²) in [5, 5.41) is 18.2. The number of aromatic nitrogens is 1. The number of aromatic amines is 1. The van der Waals surface area contributed by atoms with E-state index in [-0.39, 0.29) is 25.7 Å². The number of aliphatic carboxylic acids is 1. The molecule has 14 nitrogen and oxygen atoms in total. The van der Waals surface area contributed by atoms with E-state index in [0.717, 1.165) is 10.9 Å². The quantitative estimate of drug-likeness (QED) is 0.102. The summed E-state index contributed by atoms with van der Waals surface area (Å²) >= 11 is 0. The van der Waals surface area contributed by atoms with E-state index in [9.17, 15) is 33.9 Å². The lowest BCUT2D eigenvalue weighted by atomic mass is 10.0. The van der Waals surface area contributed by atoms with Gasteiger partial charge in [-0.05, 0) is 23.6 Å². The van der Waals surface area contributed by atoms with Crippen molar-refractivity contribution in [2.75, 3.05) is 0 Å². The van der Waals surface area contributed by atoms with Crippen molar-refractivity contribution in [1.29, 1.82) is 0 Å². The Morgan fingerprint density at radius 2 is 1.35 bits per heavy atom. The first kappa shape index (κ1) is 32.3. The van der Waals surface area contributed by atoms with Crippen LogP contribution in [0, 0.1) is 0 Å². The summed E-state index contributed by atoms with van der Waals surface area (Å²) in [6, 6.07) is 10.7. The van der Waals surface area contributed by atoms with Crippen LogP contribution >= 0.6 is 0 Å². The highest BCUT2D eigenvalue weighted by Crippen LogP contribution is 2.19. The molecule has 0 spiro atoms. The second-order valence-corrected chi connectivity index (χ2v) is 10.1. The van der Waals surface area contributed by atoms with Crippen LogP contribution < -0.4 is 33.2 Å². The Morgan fingerprint density at radius 1 is 0.744 bits per heavy atom. The summed E-state index contributed by atoms with van der Waals surface area (Å²) in [6.45, 7) is 0. The van der Waals surface area contributed by atoms with E-state index in [2.05, 4.69) is 20.9 Å². The monoisotopic (exact) mass is 593 g/mol. The fraction of sp³-hybridized carbons (Fsp3) is 0.310. The van der Waals surface area contributed by atoms with Gasteiger partial charge < -0.3 is 43.2 Å². The van der Waals surface area contributed by atoms with Gasteiger partial charge in [0.25, 0.3) is 0 Å². The van der Waals surface area contributed by atoms with Crippen LogP contribution in [-0.2, 0) is 41.6 Å². The minimum absolute atomic E-state index is 0.0183.